The number of nitrogens with two attached hydrogens (primary N) is 1. The van der Waals surface area contributed by atoms with Crippen molar-refractivity contribution in [2.75, 3.05) is 18.4 Å². The fourth-order valence-electron chi connectivity index (χ4n) is 1.48. The van der Waals surface area contributed by atoms with Crippen LogP contribution in [0.25, 0.3) is 0 Å². The van der Waals surface area contributed by atoms with Crippen molar-refractivity contribution in [3.05, 3.63) is 15.8 Å². The van der Waals surface area contributed by atoms with Crippen LogP contribution in [-0.4, -0.2) is 33.7 Å². The molecule has 0 amide bonds. The van der Waals surface area contributed by atoms with Crippen LogP contribution in [-0.2, 0) is 13.5 Å². The first kappa shape index (κ1) is 14.3. The summed E-state index contributed by atoms with van der Waals surface area (Å²) < 4.78 is 27.2. The van der Waals surface area contributed by atoms with Crippen molar-refractivity contribution >= 4 is 11.5 Å². The highest BCUT2D eigenvalue weighted by molar-refractivity contribution is 5.59. The summed E-state index contributed by atoms with van der Waals surface area (Å²) in [5.41, 5.74) is 4.87. The Balaban J connectivity index is 3.01. The Bertz CT molecular complexity index is 446. The van der Waals surface area contributed by atoms with Crippen molar-refractivity contribution in [1.82, 2.24) is 9.78 Å². The van der Waals surface area contributed by atoms with Crippen LogP contribution in [0, 0.1) is 10.1 Å². The van der Waals surface area contributed by atoms with E-state index in [9.17, 15) is 18.9 Å². The largest absolute Gasteiger partial charge is 0.358 e. The first-order valence-electron chi connectivity index (χ1n) is 5.34. The molecule has 0 aliphatic heterocycles. The van der Waals surface area contributed by atoms with Gasteiger partial charge in [0.2, 0.25) is 5.82 Å². The summed E-state index contributed by atoms with van der Waals surface area (Å²) >= 11 is 0. The standard InChI is InChI=1S/C9H15F2N5O2/c1-3-6-7(16(17)18)8(15(2)14-6)13-5-9(10,11)4-12/h13H,3-5,12H2,1-2H3. The number of nitrogens with zero attached hydrogens (tertiary/aromatic N) is 3. The molecule has 0 fully saturated rings. The van der Waals surface area contributed by atoms with Crippen LogP contribution >= 0.6 is 0 Å². The number of hydrogen-bond donors (Lipinski definition) is 2. The van der Waals surface area contributed by atoms with Crippen LogP contribution in [0.5, 0.6) is 0 Å². The monoisotopic (exact) mass is 263 g/mol. The Hall–Kier alpha value is -1.77. The van der Waals surface area contributed by atoms with E-state index in [1.807, 2.05) is 0 Å². The second kappa shape index (κ2) is 5.25. The SMILES string of the molecule is CCc1nn(C)c(NCC(F)(F)CN)c1[N+](=O)[O-]. The number of halogens is 2. The topological polar surface area (TPSA) is 99.0 Å². The van der Waals surface area contributed by atoms with Gasteiger partial charge in [0.05, 0.1) is 18.0 Å². The Labute approximate surface area is 102 Å². The summed E-state index contributed by atoms with van der Waals surface area (Å²) in [4.78, 5) is 10.3. The van der Waals surface area contributed by atoms with Gasteiger partial charge in [0.15, 0.2) is 0 Å². The molecule has 0 bridgehead atoms. The average Bonchev–Trinajstić information content (AvgIpc) is 2.63. The van der Waals surface area contributed by atoms with E-state index < -0.39 is 23.9 Å². The zero-order chi connectivity index (χ0) is 13.9. The molecule has 0 radical (unpaired) electrons. The molecule has 102 valence electrons. The van der Waals surface area contributed by atoms with Gasteiger partial charge in [-0.25, -0.2) is 13.5 Å². The number of alkyl halides is 2. The predicted molar refractivity (Wildman–Crippen MR) is 61.7 cm³/mol. The molecule has 0 aliphatic rings. The lowest BCUT2D eigenvalue weighted by atomic mass is 10.3. The molecule has 0 unspecified atom stereocenters. The quantitative estimate of drug-likeness (QED) is 0.586. The number of anilines is 1. The van der Waals surface area contributed by atoms with E-state index in [0.29, 0.717) is 6.42 Å². The van der Waals surface area contributed by atoms with Crippen LogP contribution in [0.2, 0.25) is 0 Å². The van der Waals surface area contributed by atoms with E-state index >= 15 is 0 Å². The summed E-state index contributed by atoms with van der Waals surface area (Å²) in [7, 11) is 1.45. The van der Waals surface area contributed by atoms with Gasteiger partial charge in [-0.3, -0.25) is 10.1 Å². The van der Waals surface area contributed by atoms with Gasteiger partial charge in [-0.2, -0.15) is 5.10 Å². The van der Waals surface area contributed by atoms with E-state index in [1.165, 1.54) is 11.7 Å². The molecular weight excluding hydrogens is 248 g/mol. The van der Waals surface area contributed by atoms with E-state index in [-0.39, 0.29) is 17.2 Å². The molecule has 1 aromatic heterocycles. The van der Waals surface area contributed by atoms with Gasteiger partial charge in [0.25, 0.3) is 5.92 Å². The summed E-state index contributed by atoms with van der Waals surface area (Å²) in [6.45, 7) is 0.104. The van der Waals surface area contributed by atoms with Crippen molar-refractivity contribution in [1.29, 1.82) is 0 Å². The Morgan fingerprint density at radius 1 is 1.61 bits per heavy atom. The molecule has 9 heteroatoms. The van der Waals surface area contributed by atoms with Crippen molar-refractivity contribution in [3.63, 3.8) is 0 Å². The van der Waals surface area contributed by atoms with E-state index in [4.69, 9.17) is 5.73 Å². The molecule has 0 saturated heterocycles. The van der Waals surface area contributed by atoms with Gasteiger partial charge in [-0.1, -0.05) is 6.92 Å². The molecule has 0 aliphatic carbocycles. The number of nitrogens with one attached hydrogen (secondary N) is 1. The Morgan fingerprint density at radius 3 is 2.67 bits per heavy atom. The average molecular weight is 263 g/mol. The minimum absolute atomic E-state index is 0.0371. The fourth-order valence-corrected chi connectivity index (χ4v) is 1.48. The lowest BCUT2D eigenvalue weighted by molar-refractivity contribution is -0.384. The van der Waals surface area contributed by atoms with Gasteiger partial charge >= 0.3 is 5.69 Å². The van der Waals surface area contributed by atoms with E-state index in [0.717, 1.165) is 0 Å². The fraction of sp³-hybridized carbons (Fsp3) is 0.667. The van der Waals surface area contributed by atoms with Crippen LogP contribution in [0.15, 0.2) is 0 Å². The highest BCUT2D eigenvalue weighted by atomic mass is 19.3. The van der Waals surface area contributed by atoms with Crippen molar-refractivity contribution in [2.24, 2.45) is 12.8 Å². The van der Waals surface area contributed by atoms with Gasteiger partial charge in [0, 0.05) is 7.05 Å². The summed E-state index contributed by atoms with van der Waals surface area (Å²) in [6.07, 6.45) is 0.346. The maximum atomic E-state index is 13.0. The molecule has 0 aromatic carbocycles. The highest BCUT2D eigenvalue weighted by Crippen LogP contribution is 2.29. The third-order valence-corrected chi connectivity index (χ3v) is 2.42. The lowest BCUT2D eigenvalue weighted by Crippen LogP contribution is -2.35. The van der Waals surface area contributed by atoms with Gasteiger partial charge < -0.3 is 11.1 Å². The van der Waals surface area contributed by atoms with Crippen LogP contribution in [0.1, 0.15) is 12.6 Å². The molecule has 0 spiro atoms. The second-order valence-corrected chi connectivity index (χ2v) is 3.79. The van der Waals surface area contributed by atoms with Gasteiger partial charge in [-0.05, 0) is 6.42 Å². The minimum Gasteiger partial charge on any atom is -0.358 e. The van der Waals surface area contributed by atoms with Crippen LogP contribution in [0.4, 0.5) is 20.3 Å². The minimum atomic E-state index is -3.12. The molecule has 1 aromatic rings. The third kappa shape index (κ3) is 2.92. The molecule has 0 saturated carbocycles. The zero-order valence-corrected chi connectivity index (χ0v) is 10.1. The highest BCUT2D eigenvalue weighted by Gasteiger charge is 2.31. The van der Waals surface area contributed by atoms with Crippen LogP contribution in [0.3, 0.4) is 0 Å². The number of hydrogen-bond acceptors (Lipinski definition) is 5. The maximum absolute atomic E-state index is 13.0. The number of aromatic nitrogens is 2. The molecule has 3 N–H and O–H groups in total. The molecule has 7 nitrogen and oxygen atoms in total. The smallest absolute Gasteiger partial charge is 0.333 e. The molecular formula is C9H15F2N5O2. The lowest BCUT2D eigenvalue weighted by Gasteiger charge is -2.14. The third-order valence-electron chi connectivity index (χ3n) is 2.42. The number of nitro groups is 1. The van der Waals surface area contributed by atoms with Gasteiger partial charge in [0.1, 0.15) is 5.69 Å². The molecule has 18 heavy (non-hydrogen) atoms. The summed E-state index contributed by atoms with van der Waals surface area (Å²) in [6, 6.07) is 0. The predicted octanol–water partition coefficient (Wildman–Crippen LogP) is 0.897. The van der Waals surface area contributed by atoms with Gasteiger partial charge in [-0.15, -0.1) is 0 Å². The number of aryl methyl sites for hydroxylation is 2. The number of rotatable bonds is 6. The first-order valence-corrected chi connectivity index (χ1v) is 5.34. The second-order valence-electron chi connectivity index (χ2n) is 3.79. The van der Waals surface area contributed by atoms with Crippen molar-refractivity contribution in [3.8, 4) is 0 Å². The molecule has 1 rings (SSSR count). The van der Waals surface area contributed by atoms with Crippen LogP contribution < -0.4 is 11.1 Å². The first-order chi connectivity index (χ1) is 8.32. The maximum Gasteiger partial charge on any atom is 0.333 e. The van der Waals surface area contributed by atoms with E-state index in [2.05, 4.69) is 10.4 Å². The summed E-state index contributed by atoms with van der Waals surface area (Å²) in [5, 5.41) is 17.2. The Kier molecular flexibility index (Phi) is 4.17. The zero-order valence-electron chi connectivity index (χ0n) is 10.1. The Morgan fingerprint density at radius 2 is 2.22 bits per heavy atom. The van der Waals surface area contributed by atoms with Crippen molar-refractivity contribution in [2.45, 2.75) is 19.3 Å². The summed E-state index contributed by atoms with van der Waals surface area (Å²) in [5.74, 6) is -3.16. The molecule has 0 atom stereocenters. The molecule has 1 heterocycles. The normalized spacial score (nSPS) is 11.6. The van der Waals surface area contributed by atoms with E-state index in [1.54, 1.807) is 6.92 Å². The van der Waals surface area contributed by atoms with Crippen molar-refractivity contribution < 1.29 is 13.7 Å².